The van der Waals surface area contributed by atoms with Crippen molar-refractivity contribution in [1.29, 1.82) is 0 Å². The van der Waals surface area contributed by atoms with Crippen molar-refractivity contribution in [1.82, 2.24) is 15.1 Å². The summed E-state index contributed by atoms with van der Waals surface area (Å²) >= 11 is 0. The fourth-order valence-electron chi connectivity index (χ4n) is 3.11. The van der Waals surface area contributed by atoms with Gasteiger partial charge in [-0.3, -0.25) is 9.59 Å². The maximum absolute atomic E-state index is 12.5. The predicted octanol–water partition coefficient (Wildman–Crippen LogP) is 3.71. The molecule has 4 rings (SSSR count). The van der Waals surface area contributed by atoms with E-state index in [0.717, 1.165) is 36.2 Å². The molecule has 2 aromatic carbocycles. The number of aromatic nitrogens is 2. The fourth-order valence-corrected chi connectivity index (χ4v) is 3.11. The van der Waals surface area contributed by atoms with Crippen molar-refractivity contribution in [3.05, 3.63) is 77.6 Å². The largest absolute Gasteiger partial charge is 0.352 e. The van der Waals surface area contributed by atoms with E-state index in [1.54, 1.807) is 23.0 Å². The van der Waals surface area contributed by atoms with Gasteiger partial charge in [-0.1, -0.05) is 19.1 Å². The van der Waals surface area contributed by atoms with Gasteiger partial charge in [0, 0.05) is 35.5 Å². The number of rotatable bonds is 7. The van der Waals surface area contributed by atoms with E-state index in [0.29, 0.717) is 12.1 Å². The van der Waals surface area contributed by atoms with Gasteiger partial charge in [0.25, 0.3) is 5.91 Å². The quantitative estimate of drug-likeness (QED) is 0.648. The van der Waals surface area contributed by atoms with E-state index in [2.05, 4.69) is 22.7 Å². The molecule has 2 amide bonds. The molecule has 0 spiro atoms. The number of benzene rings is 2. The zero-order valence-electron chi connectivity index (χ0n) is 16.4. The van der Waals surface area contributed by atoms with Gasteiger partial charge in [-0.05, 0) is 61.2 Å². The second-order valence-electron chi connectivity index (χ2n) is 7.34. The van der Waals surface area contributed by atoms with E-state index in [1.165, 1.54) is 5.56 Å². The van der Waals surface area contributed by atoms with Crippen LogP contribution in [0.1, 0.15) is 41.3 Å². The molecule has 29 heavy (non-hydrogen) atoms. The lowest BCUT2D eigenvalue weighted by Crippen LogP contribution is -2.23. The summed E-state index contributed by atoms with van der Waals surface area (Å²) in [5.74, 6) is 0.180. The summed E-state index contributed by atoms with van der Waals surface area (Å²) in [4.78, 5) is 24.2. The third-order valence-corrected chi connectivity index (χ3v) is 5.04. The van der Waals surface area contributed by atoms with Crippen LogP contribution in [0.15, 0.2) is 60.9 Å². The second-order valence-corrected chi connectivity index (χ2v) is 7.34. The van der Waals surface area contributed by atoms with Gasteiger partial charge >= 0.3 is 0 Å². The molecule has 1 aliphatic carbocycles. The number of carbonyl (C=O) groups is 2. The topological polar surface area (TPSA) is 76.0 Å². The summed E-state index contributed by atoms with van der Waals surface area (Å²) in [5, 5.41) is 10.2. The molecule has 2 N–H and O–H groups in total. The molecule has 0 bridgehead atoms. The van der Waals surface area contributed by atoms with Crippen LogP contribution < -0.4 is 10.6 Å². The Kier molecular flexibility index (Phi) is 5.42. The van der Waals surface area contributed by atoms with Gasteiger partial charge in [0.15, 0.2) is 0 Å². The first kappa shape index (κ1) is 18.9. The van der Waals surface area contributed by atoms with Gasteiger partial charge in [0.2, 0.25) is 5.91 Å². The molecule has 0 radical (unpaired) electrons. The Morgan fingerprint density at radius 1 is 1.10 bits per heavy atom. The van der Waals surface area contributed by atoms with Gasteiger partial charge in [-0.15, -0.1) is 0 Å². The lowest BCUT2D eigenvalue weighted by Gasteiger charge is -2.08. The Morgan fingerprint density at radius 3 is 2.62 bits per heavy atom. The minimum absolute atomic E-state index is 0.123. The van der Waals surface area contributed by atoms with Gasteiger partial charge < -0.3 is 10.6 Å². The van der Waals surface area contributed by atoms with Gasteiger partial charge in [-0.2, -0.15) is 5.10 Å². The van der Waals surface area contributed by atoms with Crippen molar-refractivity contribution in [3.63, 3.8) is 0 Å². The number of carbonyl (C=O) groups excluding carboxylic acids is 2. The van der Waals surface area contributed by atoms with Crippen LogP contribution >= 0.6 is 0 Å². The minimum Gasteiger partial charge on any atom is -0.352 e. The highest BCUT2D eigenvalue weighted by molar-refractivity contribution is 6.04. The van der Waals surface area contributed by atoms with E-state index in [1.807, 2.05) is 42.6 Å². The highest BCUT2D eigenvalue weighted by atomic mass is 16.2. The molecule has 1 heterocycles. The first-order valence-corrected chi connectivity index (χ1v) is 9.94. The third-order valence-electron chi connectivity index (χ3n) is 5.04. The van der Waals surface area contributed by atoms with Crippen molar-refractivity contribution < 1.29 is 9.59 Å². The maximum Gasteiger partial charge on any atom is 0.255 e. The van der Waals surface area contributed by atoms with Crippen LogP contribution in [0.5, 0.6) is 0 Å². The standard InChI is InChI=1S/C23H24N4O2/c1-2-16-4-3-5-20(12-16)26-23(29)19-8-10-21(11-9-19)27-15-17(14-25-27)13-24-22(28)18-6-7-18/h3-5,8-12,14-15,18H,2,6-7,13H2,1H3,(H,24,28)(H,26,29). The molecule has 148 valence electrons. The number of nitrogens with zero attached hydrogens (tertiary/aromatic N) is 2. The van der Waals surface area contributed by atoms with Crippen molar-refractivity contribution in [2.75, 3.05) is 5.32 Å². The molecule has 1 aromatic heterocycles. The van der Waals surface area contributed by atoms with Gasteiger partial charge in [-0.25, -0.2) is 4.68 Å². The van der Waals surface area contributed by atoms with Crippen LogP contribution in [0.2, 0.25) is 0 Å². The Labute approximate surface area is 169 Å². The van der Waals surface area contributed by atoms with Crippen molar-refractivity contribution in [3.8, 4) is 5.69 Å². The molecule has 6 heteroatoms. The SMILES string of the molecule is CCc1cccc(NC(=O)c2ccc(-n3cc(CNC(=O)C4CC4)cn3)cc2)c1. The number of hydrogen-bond acceptors (Lipinski definition) is 3. The smallest absolute Gasteiger partial charge is 0.255 e. The van der Waals surface area contributed by atoms with Crippen molar-refractivity contribution >= 4 is 17.5 Å². The Balaban J connectivity index is 1.38. The molecule has 0 aliphatic heterocycles. The monoisotopic (exact) mass is 388 g/mol. The normalized spacial score (nSPS) is 13.1. The highest BCUT2D eigenvalue weighted by Crippen LogP contribution is 2.28. The van der Waals surface area contributed by atoms with Crippen LogP contribution in [0, 0.1) is 5.92 Å². The van der Waals surface area contributed by atoms with Crippen LogP contribution in [-0.2, 0) is 17.8 Å². The molecule has 1 saturated carbocycles. The molecule has 3 aromatic rings. The molecule has 0 unspecified atom stereocenters. The third kappa shape index (κ3) is 4.71. The molecule has 0 saturated heterocycles. The van der Waals surface area contributed by atoms with Crippen LogP contribution in [-0.4, -0.2) is 21.6 Å². The lowest BCUT2D eigenvalue weighted by molar-refractivity contribution is -0.122. The van der Waals surface area contributed by atoms with E-state index < -0.39 is 0 Å². The Hall–Kier alpha value is -3.41. The van der Waals surface area contributed by atoms with E-state index in [-0.39, 0.29) is 17.7 Å². The fraction of sp³-hybridized carbons (Fsp3) is 0.261. The molecule has 6 nitrogen and oxygen atoms in total. The summed E-state index contributed by atoms with van der Waals surface area (Å²) in [6, 6.07) is 15.1. The number of aryl methyl sites for hydroxylation is 1. The first-order valence-electron chi connectivity index (χ1n) is 9.94. The van der Waals surface area contributed by atoms with Crippen molar-refractivity contribution in [2.45, 2.75) is 32.7 Å². The van der Waals surface area contributed by atoms with Crippen LogP contribution in [0.25, 0.3) is 5.69 Å². The number of anilines is 1. The number of nitrogens with one attached hydrogen (secondary N) is 2. The van der Waals surface area contributed by atoms with Gasteiger partial charge in [0.05, 0.1) is 11.9 Å². The summed E-state index contributed by atoms with van der Waals surface area (Å²) in [7, 11) is 0. The Bertz CT molecular complexity index is 1020. The number of hydrogen-bond donors (Lipinski definition) is 2. The average molecular weight is 388 g/mol. The van der Waals surface area contributed by atoms with E-state index in [9.17, 15) is 9.59 Å². The highest BCUT2D eigenvalue weighted by Gasteiger charge is 2.29. The summed E-state index contributed by atoms with van der Waals surface area (Å²) in [6.45, 7) is 2.56. The van der Waals surface area contributed by atoms with Crippen LogP contribution in [0.3, 0.4) is 0 Å². The molecular weight excluding hydrogens is 364 g/mol. The predicted molar refractivity (Wildman–Crippen MR) is 112 cm³/mol. The maximum atomic E-state index is 12.5. The Morgan fingerprint density at radius 2 is 1.90 bits per heavy atom. The minimum atomic E-state index is -0.145. The lowest BCUT2D eigenvalue weighted by atomic mass is 10.1. The van der Waals surface area contributed by atoms with Crippen LogP contribution in [0.4, 0.5) is 5.69 Å². The average Bonchev–Trinajstić information content (AvgIpc) is 3.50. The summed E-state index contributed by atoms with van der Waals surface area (Å²) in [6.07, 6.45) is 6.55. The van der Waals surface area contributed by atoms with E-state index in [4.69, 9.17) is 0 Å². The second kappa shape index (κ2) is 8.31. The van der Waals surface area contributed by atoms with Gasteiger partial charge in [0.1, 0.15) is 0 Å². The zero-order valence-corrected chi connectivity index (χ0v) is 16.4. The summed E-state index contributed by atoms with van der Waals surface area (Å²) < 4.78 is 1.74. The molecular formula is C23H24N4O2. The summed E-state index contributed by atoms with van der Waals surface area (Å²) in [5.41, 5.74) is 4.36. The number of amides is 2. The zero-order chi connectivity index (χ0) is 20.2. The van der Waals surface area contributed by atoms with Crippen molar-refractivity contribution in [2.24, 2.45) is 5.92 Å². The first-order chi connectivity index (χ1) is 14.1. The van der Waals surface area contributed by atoms with E-state index >= 15 is 0 Å². The molecule has 1 aliphatic rings. The molecule has 0 atom stereocenters. The molecule has 1 fully saturated rings.